The van der Waals surface area contributed by atoms with E-state index in [0.717, 1.165) is 31.2 Å². The highest BCUT2D eigenvalue weighted by Crippen LogP contribution is 2.19. The van der Waals surface area contributed by atoms with E-state index in [2.05, 4.69) is 15.7 Å². The number of nitrogens with zero attached hydrogens (tertiary/aromatic N) is 2. The number of rotatable bonds is 8. The normalized spacial score (nSPS) is 15.1. The van der Waals surface area contributed by atoms with E-state index in [9.17, 15) is 19.5 Å². The van der Waals surface area contributed by atoms with Gasteiger partial charge in [0.2, 0.25) is 5.91 Å². The van der Waals surface area contributed by atoms with Crippen LogP contribution in [0.2, 0.25) is 0 Å². The summed E-state index contributed by atoms with van der Waals surface area (Å²) in [5.74, 6) is -1.88. The Kier molecular flexibility index (Phi) is 6.64. The predicted octanol–water partition coefficient (Wildman–Crippen LogP) is 2.11. The third-order valence-corrected chi connectivity index (χ3v) is 5.17. The van der Waals surface area contributed by atoms with Crippen LogP contribution in [0.3, 0.4) is 0 Å². The van der Waals surface area contributed by atoms with Gasteiger partial charge >= 0.3 is 5.97 Å². The van der Waals surface area contributed by atoms with Gasteiger partial charge in [0, 0.05) is 25.1 Å². The molecule has 0 spiro atoms. The van der Waals surface area contributed by atoms with Crippen molar-refractivity contribution in [3.8, 4) is 11.3 Å². The molecule has 8 nitrogen and oxygen atoms in total. The van der Waals surface area contributed by atoms with E-state index in [0.29, 0.717) is 5.69 Å². The molecule has 0 unspecified atom stereocenters. The minimum atomic E-state index is -1.17. The SMILES string of the molecule is Cn1nc(-c2ccccc2)cc1C(=O)N[C@H](CCC(=O)NC1CCCC1)C(=O)O. The summed E-state index contributed by atoms with van der Waals surface area (Å²) in [7, 11) is 1.63. The number of amides is 2. The number of carbonyl (C=O) groups is 3. The van der Waals surface area contributed by atoms with E-state index < -0.39 is 17.9 Å². The quantitative estimate of drug-likeness (QED) is 0.630. The van der Waals surface area contributed by atoms with E-state index in [1.165, 1.54) is 4.68 Å². The highest BCUT2D eigenvalue weighted by molar-refractivity contribution is 5.96. The molecule has 29 heavy (non-hydrogen) atoms. The van der Waals surface area contributed by atoms with Crippen LogP contribution < -0.4 is 10.6 Å². The van der Waals surface area contributed by atoms with Crippen LogP contribution in [0.15, 0.2) is 36.4 Å². The third-order valence-electron chi connectivity index (χ3n) is 5.17. The lowest BCUT2D eigenvalue weighted by Crippen LogP contribution is -2.42. The van der Waals surface area contributed by atoms with Crippen molar-refractivity contribution < 1.29 is 19.5 Å². The molecule has 0 saturated heterocycles. The number of carbonyl (C=O) groups excluding carboxylic acids is 2. The van der Waals surface area contributed by atoms with Crippen LogP contribution in [-0.4, -0.2) is 44.8 Å². The standard InChI is InChI=1S/C21H26N4O4/c1-25-18(13-17(24-25)14-7-3-2-4-8-14)20(27)23-16(21(28)29)11-12-19(26)22-15-9-5-6-10-15/h2-4,7-8,13,15-16H,5-6,9-12H2,1H3,(H,22,26)(H,23,27)(H,28,29)/t16-/m1/s1. The summed E-state index contributed by atoms with van der Waals surface area (Å²) in [6.45, 7) is 0. The Balaban J connectivity index is 1.60. The molecule has 1 saturated carbocycles. The number of benzene rings is 1. The van der Waals surface area contributed by atoms with Gasteiger partial charge in [0.15, 0.2) is 0 Å². The fraction of sp³-hybridized carbons (Fsp3) is 0.429. The van der Waals surface area contributed by atoms with Crippen LogP contribution in [0.4, 0.5) is 0 Å². The van der Waals surface area contributed by atoms with Crippen molar-refractivity contribution in [3.05, 3.63) is 42.1 Å². The van der Waals surface area contributed by atoms with Crippen molar-refractivity contribution in [1.82, 2.24) is 20.4 Å². The zero-order chi connectivity index (χ0) is 20.8. The zero-order valence-corrected chi connectivity index (χ0v) is 16.4. The molecule has 3 N–H and O–H groups in total. The number of aryl methyl sites for hydroxylation is 1. The van der Waals surface area contributed by atoms with Gasteiger partial charge in [0.1, 0.15) is 11.7 Å². The Bertz CT molecular complexity index is 872. The van der Waals surface area contributed by atoms with Crippen molar-refractivity contribution >= 4 is 17.8 Å². The van der Waals surface area contributed by atoms with Crippen LogP contribution in [-0.2, 0) is 16.6 Å². The molecule has 2 amide bonds. The molecule has 2 aromatic rings. The average molecular weight is 398 g/mol. The summed E-state index contributed by atoms with van der Waals surface area (Å²) in [5.41, 5.74) is 1.74. The van der Waals surface area contributed by atoms with Gasteiger partial charge in [-0.2, -0.15) is 5.10 Å². The molecule has 1 heterocycles. The van der Waals surface area contributed by atoms with E-state index in [1.807, 2.05) is 30.3 Å². The Hall–Kier alpha value is -3.16. The maximum Gasteiger partial charge on any atom is 0.326 e. The first kappa shape index (κ1) is 20.6. The van der Waals surface area contributed by atoms with Crippen LogP contribution >= 0.6 is 0 Å². The van der Waals surface area contributed by atoms with Crippen molar-refractivity contribution in [2.24, 2.45) is 7.05 Å². The fourth-order valence-electron chi connectivity index (χ4n) is 3.56. The monoisotopic (exact) mass is 398 g/mol. The van der Waals surface area contributed by atoms with Gasteiger partial charge in [-0.05, 0) is 25.3 Å². The van der Waals surface area contributed by atoms with Crippen LogP contribution in [0, 0.1) is 0 Å². The Morgan fingerprint density at radius 3 is 2.55 bits per heavy atom. The van der Waals surface area contributed by atoms with Crippen molar-refractivity contribution in [1.29, 1.82) is 0 Å². The highest BCUT2D eigenvalue weighted by atomic mass is 16.4. The van der Waals surface area contributed by atoms with Gasteiger partial charge in [0.05, 0.1) is 5.69 Å². The predicted molar refractivity (Wildman–Crippen MR) is 107 cm³/mol. The first-order valence-corrected chi connectivity index (χ1v) is 9.86. The average Bonchev–Trinajstić information content (AvgIpc) is 3.35. The van der Waals surface area contributed by atoms with E-state index in [4.69, 9.17) is 0 Å². The number of carboxylic acids is 1. The molecule has 0 radical (unpaired) electrons. The third kappa shape index (κ3) is 5.43. The maximum atomic E-state index is 12.6. The number of hydrogen-bond donors (Lipinski definition) is 3. The molecule has 1 fully saturated rings. The highest BCUT2D eigenvalue weighted by Gasteiger charge is 2.25. The lowest BCUT2D eigenvalue weighted by Gasteiger charge is -2.16. The van der Waals surface area contributed by atoms with Crippen molar-refractivity contribution in [3.63, 3.8) is 0 Å². The molecule has 3 rings (SSSR count). The van der Waals surface area contributed by atoms with Crippen LogP contribution in [0.5, 0.6) is 0 Å². The number of hydrogen-bond acceptors (Lipinski definition) is 4. The summed E-state index contributed by atoms with van der Waals surface area (Å²) < 4.78 is 1.42. The number of nitrogens with one attached hydrogen (secondary N) is 2. The van der Waals surface area contributed by atoms with Gasteiger partial charge in [-0.25, -0.2) is 4.79 Å². The Labute approximate surface area is 169 Å². The Morgan fingerprint density at radius 1 is 1.21 bits per heavy atom. The summed E-state index contributed by atoms with van der Waals surface area (Å²) in [5, 5.41) is 19.2. The second kappa shape index (κ2) is 9.36. The first-order chi connectivity index (χ1) is 13.9. The summed E-state index contributed by atoms with van der Waals surface area (Å²) >= 11 is 0. The van der Waals surface area contributed by atoms with Crippen molar-refractivity contribution in [2.45, 2.75) is 50.6 Å². The number of aliphatic carboxylic acids is 1. The lowest BCUT2D eigenvalue weighted by atomic mass is 10.1. The van der Waals surface area contributed by atoms with E-state index >= 15 is 0 Å². The minimum Gasteiger partial charge on any atom is -0.480 e. The second-order valence-corrected chi connectivity index (χ2v) is 7.36. The second-order valence-electron chi connectivity index (χ2n) is 7.36. The Morgan fingerprint density at radius 2 is 1.90 bits per heavy atom. The summed E-state index contributed by atoms with van der Waals surface area (Å²) in [6.07, 6.45) is 4.23. The van der Waals surface area contributed by atoms with Crippen LogP contribution in [0.1, 0.15) is 49.0 Å². The summed E-state index contributed by atoms with van der Waals surface area (Å²) in [4.78, 5) is 36.2. The fourth-order valence-corrected chi connectivity index (χ4v) is 3.56. The van der Waals surface area contributed by atoms with Gasteiger partial charge in [-0.1, -0.05) is 43.2 Å². The van der Waals surface area contributed by atoms with Gasteiger partial charge in [0.25, 0.3) is 5.91 Å². The van der Waals surface area contributed by atoms with E-state index in [1.54, 1.807) is 13.1 Å². The molecule has 1 aliphatic rings. The molecule has 1 aromatic carbocycles. The maximum absolute atomic E-state index is 12.6. The largest absolute Gasteiger partial charge is 0.480 e. The van der Waals surface area contributed by atoms with Crippen molar-refractivity contribution in [2.75, 3.05) is 0 Å². The molecule has 0 aliphatic heterocycles. The molecule has 1 aromatic heterocycles. The van der Waals surface area contributed by atoms with Crippen LogP contribution in [0.25, 0.3) is 11.3 Å². The minimum absolute atomic E-state index is 0.0308. The first-order valence-electron chi connectivity index (χ1n) is 9.86. The molecule has 8 heteroatoms. The lowest BCUT2D eigenvalue weighted by molar-refractivity contribution is -0.139. The molecule has 0 bridgehead atoms. The van der Waals surface area contributed by atoms with Gasteiger partial charge in [-0.15, -0.1) is 0 Å². The number of carboxylic acid groups (broad SMARTS) is 1. The van der Waals surface area contributed by atoms with E-state index in [-0.39, 0.29) is 30.5 Å². The zero-order valence-electron chi connectivity index (χ0n) is 16.4. The molecule has 1 atom stereocenters. The molecular formula is C21H26N4O4. The molecule has 154 valence electrons. The molecule has 1 aliphatic carbocycles. The molecular weight excluding hydrogens is 372 g/mol. The summed E-state index contributed by atoms with van der Waals surface area (Å²) in [6, 6.07) is 10.1. The topological polar surface area (TPSA) is 113 Å². The number of aromatic nitrogens is 2. The van der Waals surface area contributed by atoms with Gasteiger partial charge < -0.3 is 15.7 Å². The smallest absolute Gasteiger partial charge is 0.326 e. The van der Waals surface area contributed by atoms with Gasteiger partial charge in [-0.3, -0.25) is 14.3 Å².